The van der Waals surface area contributed by atoms with Gasteiger partial charge in [-0.25, -0.2) is 0 Å². The van der Waals surface area contributed by atoms with E-state index in [1.54, 1.807) is 12.1 Å². The topological polar surface area (TPSA) is 147 Å². The first-order valence-corrected chi connectivity index (χ1v) is 14.3. The molecule has 2 amide bonds. The van der Waals surface area contributed by atoms with Crippen molar-refractivity contribution in [1.82, 2.24) is 16.4 Å². The number of nitrogens with two attached hydrogens (primary N) is 1. The van der Waals surface area contributed by atoms with Crippen molar-refractivity contribution in [3.05, 3.63) is 70.2 Å². The Labute approximate surface area is 249 Å². The quantitative estimate of drug-likeness (QED) is 0.218. The minimum absolute atomic E-state index is 0. The van der Waals surface area contributed by atoms with E-state index in [1.165, 1.54) is 0 Å². The Morgan fingerprint density at radius 3 is 2.20 bits per heavy atom. The van der Waals surface area contributed by atoms with Gasteiger partial charge in [-0.15, -0.1) is 0 Å². The lowest BCUT2D eigenvalue weighted by Crippen LogP contribution is -2.52. The van der Waals surface area contributed by atoms with E-state index in [-0.39, 0.29) is 49.2 Å². The van der Waals surface area contributed by atoms with E-state index in [9.17, 15) is 9.59 Å². The molecule has 222 valence electrons. The summed E-state index contributed by atoms with van der Waals surface area (Å²) < 4.78 is 0. The molecule has 2 aromatic carbocycles. The van der Waals surface area contributed by atoms with Gasteiger partial charge in [0.05, 0.1) is 12.6 Å². The number of amidine groups is 1. The van der Waals surface area contributed by atoms with Gasteiger partial charge in [0.1, 0.15) is 17.2 Å². The fourth-order valence-corrected chi connectivity index (χ4v) is 6.37. The van der Waals surface area contributed by atoms with Gasteiger partial charge in [0, 0.05) is 16.1 Å². The molecule has 3 aliphatic rings. The van der Waals surface area contributed by atoms with Crippen LogP contribution in [0.1, 0.15) is 94.2 Å². The molecule has 1 atom stereocenters. The highest BCUT2D eigenvalue weighted by atomic mass is 35.5. The van der Waals surface area contributed by atoms with Crippen molar-refractivity contribution < 1.29 is 9.59 Å². The average molecular weight is 581 g/mol. The van der Waals surface area contributed by atoms with Crippen LogP contribution in [-0.2, 0) is 4.79 Å². The fourth-order valence-electron chi connectivity index (χ4n) is 6.25. The summed E-state index contributed by atoms with van der Waals surface area (Å²) in [5.74, 6) is 0.559. The molecule has 1 heterocycles. The van der Waals surface area contributed by atoms with Gasteiger partial charge in [0.15, 0.2) is 0 Å². The highest BCUT2D eigenvalue weighted by Crippen LogP contribution is 2.54. The molecule has 7 N–H and O–H groups in total. The van der Waals surface area contributed by atoms with E-state index in [2.05, 4.69) is 31.0 Å². The molecule has 2 aromatic rings. The van der Waals surface area contributed by atoms with Crippen molar-refractivity contribution in [2.45, 2.75) is 78.4 Å². The first kappa shape index (κ1) is 32.3. The number of carbonyl (C=O) groups is 2. The minimum atomic E-state index is -0.571. The second-order valence-electron chi connectivity index (χ2n) is 12.4. The molecule has 2 aliphatic carbocycles. The summed E-state index contributed by atoms with van der Waals surface area (Å²) in [5, 5.41) is 10.6. The van der Waals surface area contributed by atoms with Gasteiger partial charge in [-0.2, -0.15) is 0 Å². The van der Waals surface area contributed by atoms with Crippen LogP contribution in [0.4, 0.5) is 0 Å². The maximum absolute atomic E-state index is 14.3. The second kappa shape index (κ2) is 12.3. The van der Waals surface area contributed by atoms with Crippen molar-refractivity contribution in [2.24, 2.45) is 28.0 Å². The number of aliphatic imine (C=N–C) groups is 1. The Hall–Kier alpha value is -3.23. The van der Waals surface area contributed by atoms with E-state index in [4.69, 9.17) is 27.7 Å². The lowest BCUT2D eigenvalue weighted by molar-refractivity contribution is -0.134. The molecule has 2 saturated carbocycles. The lowest BCUT2D eigenvalue weighted by Gasteiger charge is -2.47. The fraction of sp³-hybridized carbons (Fsp3) is 0.500. The minimum Gasteiger partial charge on any atom is -0.386 e. The van der Waals surface area contributed by atoms with E-state index in [0.717, 1.165) is 49.7 Å². The molecular formula is C32H45ClN6O2. The van der Waals surface area contributed by atoms with Crippen LogP contribution in [-0.4, -0.2) is 40.5 Å². The van der Waals surface area contributed by atoms with Crippen LogP contribution >= 0.6 is 11.6 Å². The summed E-state index contributed by atoms with van der Waals surface area (Å²) in [4.78, 5) is 34.1. The molecule has 9 heteroatoms. The summed E-state index contributed by atoms with van der Waals surface area (Å²) in [5.41, 5.74) is 7.87. The third-order valence-corrected chi connectivity index (χ3v) is 8.87. The van der Waals surface area contributed by atoms with Crippen molar-refractivity contribution >= 4 is 35.0 Å². The SMILES string of the molecule is C.CC(C)(C)C1CCC2(CC1)N=C(c1ccc(Cl)cc1)C(=O)N2[C@@H](c1ccc(C(=O)NCC(=N)N)cc1)C1CC1.N. The highest BCUT2D eigenvalue weighted by molar-refractivity contribution is 6.47. The van der Waals surface area contributed by atoms with Gasteiger partial charge in [0.2, 0.25) is 0 Å². The number of halogens is 1. The zero-order chi connectivity index (χ0) is 27.9. The number of carbonyl (C=O) groups excluding carboxylic acids is 2. The number of amides is 2. The van der Waals surface area contributed by atoms with E-state index in [0.29, 0.717) is 28.1 Å². The number of nitrogens with one attached hydrogen (secondary N) is 2. The number of nitrogens with zero attached hydrogens (tertiary/aromatic N) is 2. The monoisotopic (exact) mass is 580 g/mol. The van der Waals surface area contributed by atoms with Gasteiger partial charge < -0.3 is 22.1 Å². The van der Waals surface area contributed by atoms with Gasteiger partial charge >= 0.3 is 0 Å². The molecule has 2 fully saturated rings. The van der Waals surface area contributed by atoms with Crippen LogP contribution in [0.25, 0.3) is 0 Å². The molecule has 1 aliphatic heterocycles. The van der Waals surface area contributed by atoms with Crippen LogP contribution in [0.2, 0.25) is 5.02 Å². The zero-order valence-corrected chi connectivity index (χ0v) is 24.4. The van der Waals surface area contributed by atoms with Crippen molar-refractivity contribution in [3.8, 4) is 0 Å². The Morgan fingerprint density at radius 1 is 1.10 bits per heavy atom. The molecule has 0 saturated heterocycles. The Bertz CT molecular complexity index is 1290. The molecular weight excluding hydrogens is 536 g/mol. The molecule has 1 spiro atoms. The summed E-state index contributed by atoms with van der Waals surface area (Å²) >= 11 is 6.15. The van der Waals surface area contributed by atoms with Gasteiger partial charge in [-0.3, -0.25) is 20.0 Å². The number of hydrogen-bond acceptors (Lipinski definition) is 5. The molecule has 8 nitrogen and oxygen atoms in total. The lowest BCUT2D eigenvalue weighted by atomic mass is 9.69. The third kappa shape index (κ3) is 6.65. The van der Waals surface area contributed by atoms with E-state index in [1.807, 2.05) is 36.4 Å². The smallest absolute Gasteiger partial charge is 0.275 e. The van der Waals surface area contributed by atoms with Crippen molar-refractivity contribution in [1.29, 1.82) is 5.41 Å². The largest absolute Gasteiger partial charge is 0.386 e. The van der Waals surface area contributed by atoms with Crippen molar-refractivity contribution in [2.75, 3.05) is 6.54 Å². The average Bonchev–Trinajstić information content (AvgIpc) is 3.70. The number of hydrogen-bond donors (Lipinski definition) is 4. The highest BCUT2D eigenvalue weighted by Gasteiger charge is 2.55. The van der Waals surface area contributed by atoms with Crippen molar-refractivity contribution in [3.63, 3.8) is 0 Å². The van der Waals surface area contributed by atoms with Crippen LogP contribution in [0.15, 0.2) is 53.5 Å². The summed E-state index contributed by atoms with van der Waals surface area (Å²) in [6.45, 7) is 6.92. The zero-order valence-electron chi connectivity index (χ0n) is 23.7. The first-order chi connectivity index (χ1) is 18.5. The van der Waals surface area contributed by atoms with Crippen LogP contribution in [0.5, 0.6) is 0 Å². The maximum Gasteiger partial charge on any atom is 0.275 e. The predicted octanol–water partition coefficient (Wildman–Crippen LogP) is 6.52. The number of benzene rings is 2. The summed E-state index contributed by atoms with van der Waals surface area (Å²) in [6, 6.07) is 14.8. The summed E-state index contributed by atoms with van der Waals surface area (Å²) in [6.07, 6.45) is 5.85. The molecule has 0 bridgehead atoms. The predicted molar refractivity (Wildman–Crippen MR) is 167 cm³/mol. The molecule has 0 radical (unpaired) electrons. The van der Waals surface area contributed by atoms with Gasteiger partial charge in [-0.05, 0) is 85.6 Å². The Morgan fingerprint density at radius 2 is 1.68 bits per heavy atom. The molecule has 41 heavy (non-hydrogen) atoms. The normalized spacial score (nSPS) is 22.8. The number of rotatable bonds is 7. The third-order valence-electron chi connectivity index (χ3n) is 8.62. The molecule has 0 unspecified atom stereocenters. The molecule has 0 aromatic heterocycles. The van der Waals surface area contributed by atoms with Crippen LogP contribution in [0.3, 0.4) is 0 Å². The second-order valence-corrected chi connectivity index (χ2v) is 12.8. The molecule has 5 rings (SSSR count). The Kier molecular flexibility index (Phi) is 9.71. The van der Waals surface area contributed by atoms with Gasteiger partial charge in [0.25, 0.3) is 11.8 Å². The van der Waals surface area contributed by atoms with Crippen LogP contribution in [0, 0.1) is 22.7 Å². The standard InChI is InChI=1S/C31H38ClN5O2.CH4.H3N/c1-30(2,3)23-14-16-31(17-15-23)36-26(19-10-12-24(32)13-11-19)29(39)37(31)27(20-4-5-20)21-6-8-22(9-7-21)28(38)35-18-25(33)34;;/h6-13,20,23,27H,4-5,14-18H2,1-3H3,(H3,33,34)(H,35,38);1H4;1H3/t23?,27-,31?;;/m1../s1. The summed E-state index contributed by atoms with van der Waals surface area (Å²) in [7, 11) is 0. The Balaban J connectivity index is 0.00000231. The van der Waals surface area contributed by atoms with E-state index < -0.39 is 5.66 Å². The van der Waals surface area contributed by atoms with Crippen LogP contribution < -0.4 is 17.2 Å². The van der Waals surface area contributed by atoms with Gasteiger partial charge in [-0.1, -0.05) is 64.1 Å². The first-order valence-electron chi connectivity index (χ1n) is 13.9. The maximum atomic E-state index is 14.3. The van der Waals surface area contributed by atoms with E-state index >= 15 is 0 Å².